The van der Waals surface area contributed by atoms with Gasteiger partial charge in [0.15, 0.2) is 5.17 Å². The summed E-state index contributed by atoms with van der Waals surface area (Å²) in [4.78, 5) is 0. The van der Waals surface area contributed by atoms with Crippen LogP contribution in [0, 0.1) is 5.41 Å². The van der Waals surface area contributed by atoms with Gasteiger partial charge in [0.1, 0.15) is 0 Å². The molecule has 0 amide bonds. The van der Waals surface area contributed by atoms with Crippen LogP contribution in [-0.4, -0.2) is 10.9 Å². The monoisotopic (exact) mass is 166 g/mol. The second-order valence-corrected chi connectivity index (χ2v) is 2.63. The van der Waals surface area contributed by atoms with Crippen LogP contribution in [0.3, 0.4) is 0 Å². The van der Waals surface area contributed by atoms with Crippen molar-refractivity contribution >= 4 is 29.3 Å². The smallest absolute Gasteiger partial charge is 0.151 e. The van der Waals surface area contributed by atoms with E-state index in [-0.39, 0.29) is 17.6 Å². The van der Waals surface area contributed by atoms with Gasteiger partial charge in [0, 0.05) is 5.75 Å². The molecule has 0 saturated carbocycles. The van der Waals surface area contributed by atoms with Crippen LogP contribution in [0.2, 0.25) is 0 Å². The summed E-state index contributed by atoms with van der Waals surface area (Å²) in [7, 11) is 0. The molecule has 0 aromatic rings. The van der Waals surface area contributed by atoms with Gasteiger partial charge in [0.05, 0.1) is 0 Å². The highest BCUT2D eigenvalue weighted by molar-refractivity contribution is 8.13. The Morgan fingerprint density at radius 3 is 2.33 bits per heavy atom. The molecule has 0 spiro atoms. The molecule has 4 heteroatoms. The Morgan fingerprint density at radius 1 is 1.78 bits per heavy atom. The first-order chi connectivity index (χ1) is 3.63. The molecule has 0 rings (SSSR count). The topological polar surface area (TPSA) is 49.9 Å². The van der Waals surface area contributed by atoms with Gasteiger partial charge in [-0.25, -0.2) is 0 Å². The molecule has 2 nitrogen and oxygen atoms in total. The van der Waals surface area contributed by atoms with Gasteiger partial charge in [-0.1, -0.05) is 23.9 Å². The van der Waals surface area contributed by atoms with E-state index in [0.717, 1.165) is 11.3 Å². The summed E-state index contributed by atoms with van der Waals surface area (Å²) in [5.74, 6) is 0.759. The minimum Gasteiger partial charge on any atom is -0.379 e. The molecule has 0 fully saturated rings. The van der Waals surface area contributed by atoms with Gasteiger partial charge in [-0.2, -0.15) is 0 Å². The molecule has 0 aliphatic rings. The van der Waals surface area contributed by atoms with Crippen LogP contribution >= 0.6 is 24.2 Å². The fraction of sp³-hybridized carbons (Fsp3) is 0.400. The second-order valence-electron chi connectivity index (χ2n) is 1.61. The first kappa shape index (κ1) is 11.6. The molecule has 0 bridgehead atoms. The fourth-order valence-corrected chi connectivity index (χ4v) is 0.603. The number of nitrogens with one attached hydrogen (secondary N) is 1. The number of hydrogen-bond acceptors (Lipinski definition) is 2. The second kappa shape index (κ2) is 5.98. The zero-order valence-corrected chi connectivity index (χ0v) is 6.94. The molecular formula is C5H11ClN2S. The van der Waals surface area contributed by atoms with Crippen LogP contribution in [0.4, 0.5) is 0 Å². The first-order valence-corrected chi connectivity index (χ1v) is 3.22. The summed E-state index contributed by atoms with van der Waals surface area (Å²) in [6, 6.07) is 0. The summed E-state index contributed by atoms with van der Waals surface area (Å²) in [5, 5.41) is 6.95. The molecule has 0 unspecified atom stereocenters. The maximum Gasteiger partial charge on any atom is 0.151 e. The van der Waals surface area contributed by atoms with E-state index in [1.165, 1.54) is 11.8 Å². The molecule has 54 valence electrons. The van der Waals surface area contributed by atoms with E-state index in [9.17, 15) is 0 Å². The van der Waals surface area contributed by atoms with Gasteiger partial charge in [0.2, 0.25) is 0 Å². The Bertz CT molecular complexity index is 99.5. The van der Waals surface area contributed by atoms with Crippen LogP contribution in [0.15, 0.2) is 12.2 Å². The summed E-state index contributed by atoms with van der Waals surface area (Å²) >= 11 is 1.30. The zero-order valence-electron chi connectivity index (χ0n) is 5.31. The molecule has 0 radical (unpaired) electrons. The molecule has 0 heterocycles. The highest BCUT2D eigenvalue weighted by Gasteiger charge is 1.88. The lowest BCUT2D eigenvalue weighted by Gasteiger charge is -1.94. The predicted octanol–water partition coefficient (Wildman–Crippen LogP) is 1.61. The average molecular weight is 167 g/mol. The van der Waals surface area contributed by atoms with E-state index in [0.29, 0.717) is 0 Å². The summed E-state index contributed by atoms with van der Waals surface area (Å²) in [6.45, 7) is 5.57. The summed E-state index contributed by atoms with van der Waals surface area (Å²) < 4.78 is 0. The van der Waals surface area contributed by atoms with E-state index >= 15 is 0 Å². The third kappa shape index (κ3) is 11.4. The minimum atomic E-state index is 0. The Labute approximate surface area is 65.8 Å². The Hall–Kier alpha value is -0.150. The minimum absolute atomic E-state index is 0. The van der Waals surface area contributed by atoms with Gasteiger partial charge in [-0.3, -0.25) is 5.41 Å². The Kier molecular flexibility index (Phi) is 7.72. The van der Waals surface area contributed by atoms with E-state index in [4.69, 9.17) is 11.1 Å². The lowest BCUT2D eigenvalue weighted by atomic mass is 10.4. The number of rotatable bonds is 2. The molecule has 0 aromatic heterocycles. The van der Waals surface area contributed by atoms with E-state index in [2.05, 4.69) is 6.58 Å². The van der Waals surface area contributed by atoms with E-state index in [1.54, 1.807) is 0 Å². The first-order valence-electron chi connectivity index (χ1n) is 2.24. The maximum absolute atomic E-state index is 6.79. The number of amidine groups is 1. The van der Waals surface area contributed by atoms with Crippen molar-refractivity contribution in [1.82, 2.24) is 0 Å². The molecule has 0 atom stereocenters. The van der Waals surface area contributed by atoms with Crippen LogP contribution in [0.25, 0.3) is 0 Å². The quantitative estimate of drug-likeness (QED) is 0.372. The highest BCUT2D eigenvalue weighted by Crippen LogP contribution is 2.02. The van der Waals surface area contributed by atoms with Crippen molar-refractivity contribution in [3.05, 3.63) is 12.2 Å². The van der Waals surface area contributed by atoms with Crippen molar-refractivity contribution in [1.29, 1.82) is 5.41 Å². The van der Waals surface area contributed by atoms with Crippen molar-refractivity contribution in [2.24, 2.45) is 5.73 Å². The fourth-order valence-electron chi connectivity index (χ4n) is 0.201. The van der Waals surface area contributed by atoms with Crippen molar-refractivity contribution < 1.29 is 0 Å². The van der Waals surface area contributed by atoms with Gasteiger partial charge >= 0.3 is 0 Å². The van der Waals surface area contributed by atoms with Crippen LogP contribution in [0.1, 0.15) is 6.92 Å². The summed E-state index contributed by atoms with van der Waals surface area (Å²) in [6.07, 6.45) is 0. The van der Waals surface area contributed by atoms with E-state index in [1.807, 2.05) is 6.92 Å². The largest absolute Gasteiger partial charge is 0.379 e. The Balaban J connectivity index is 0. The van der Waals surface area contributed by atoms with Gasteiger partial charge in [0.25, 0.3) is 0 Å². The zero-order chi connectivity index (χ0) is 6.57. The average Bonchev–Trinajstić information content (AvgIpc) is 1.61. The molecule has 0 aliphatic carbocycles. The number of thioether (sulfide) groups is 1. The van der Waals surface area contributed by atoms with Crippen LogP contribution in [-0.2, 0) is 0 Å². The molecular weight excluding hydrogens is 156 g/mol. The third-order valence-corrected chi connectivity index (χ3v) is 1.42. The van der Waals surface area contributed by atoms with Crippen molar-refractivity contribution in [3.8, 4) is 0 Å². The SMILES string of the molecule is C=C(C)CSC(=N)N.Cl. The predicted molar refractivity (Wildman–Crippen MR) is 46.4 cm³/mol. The van der Waals surface area contributed by atoms with Gasteiger partial charge in [-0.15, -0.1) is 12.4 Å². The standard InChI is InChI=1S/C5H10N2S.ClH/c1-4(2)3-8-5(6)7;/h1,3H2,2H3,(H3,6,7);1H. The molecule has 0 aliphatic heterocycles. The van der Waals surface area contributed by atoms with Crippen LogP contribution < -0.4 is 5.73 Å². The number of halogens is 1. The molecule has 3 N–H and O–H groups in total. The molecule has 9 heavy (non-hydrogen) atoms. The lowest BCUT2D eigenvalue weighted by molar-refractivity contribution is 1.44. The Morgan fingerprint density at radius 2 is 2.22 bits per heavy atom. The third-order valence-electron chi connectivity index (χ3n) is 0.474. The van der Waals surface area contributed by atoms with Crippen molar-refractivity contribution in [2.45, 2.75) is 6.92 Å². The number of hydrogen-bond donors (Lipinski definition) is 2. The maximum atomic E-state index is 6.79. The highest BCUT2D eigenvalue weighted by atomic mass is 35.5. The lowest BCUT2D eigenvalue weighted by Crippen LogP contribution is -2.04. The van der Waals surface area contributed by atoms with Gasteiger partial charge < -0.3 is 5.73 Å². The molecule has 0 saturated heterocycles. The molecule has 0 aromatic carbocycles. The van der Waals surface area contributed by atoms with Crippen LogP contribution in [0.5, 0.6) is 0 Å². The van der Waals surface area contributed by atoms with E-state index < -0.39 is 0 Å². The van der Waals surface area contributed by atoms with Gasteiger partial charge in [-0.05, 0) is 6.92 Å². The normalized spacial score (nSPS) is 7.67. The number of nitrogens with two attached hydrogens (primary N) is 1. The summed E-state index contributed by atoms with van der Waals surface area (Å²) in [5.41, 5.74) is 6.09. The van der Waals surface area contributed by atoms with Crippen molar-refractivity contribution in [2.75, 3.05) is 5.75 Å². The van der Waals surface area contributed by atoms with Crippen molar-refractivity contribution in [3.63, 3.8) is 0 Å².